The van der Waals surface area contributed by atoms with E-state index in [-0.39, 0.29) is 11.8 Å². The Morgan fingerprint density at radius 3 is 2.72 bits per heavy atom. The number of carbonyl (C=O) groups is 1. The first-order valence-electron chi connectivity index (χ1n) is 9.81. The fourth-order valence-corrected chi connectivity index (χ4v) is 3.59. The molecular weight excluding hydrogens is 366 g/mol. The van der Waals surface area contributed by atoms with Crippen molar-refractivity contribution in [1.29, 1.82) is 5.26 Å². The third-order valence-electron chi connectivity index (χ3n) is 5.17. The second-order valence-electron chi connectivity index (χ2n) is 7.69. The van der Waals surface area contributed by atoms with Crippen LogP contribution >= 0.6 is 0 Å². The number of carbonyl (C=O) groups excluding carboxylic acids is 1. The molecule has 0 spiro atoms. The van der Waals surface area contributed by atoms with Gasteiger partial charge in [0, 0.05) is 36.6 Å². The van der Waals surface area contributed by atoms with Gasteiger partial charge in [0.05, 0.1) is 11.9 Å². The summed E-state index contributed by atoms with van der Waals surface area (Å²) in [6.07, 6.45) is 2.49. The Morgan fingerprint density at radius 1 is 1.31 bits per heavy atom. The number of fused-ring (bicyclic) bond motifs is 1. The number of nitriles is 1. The number of hydrogen-bond acceptors (Lipinski definition) is 5. The van der Waals surface area contributed by atoms with E-state index in [2.05, 4.69) is 39.6 Å². The van der Waals surface area contributed by atoms with Crippen molar-refractivity contribution in [2.24, 2.45) is 5.92 Å². The predicted octanol–water partition coefficient (Wildman–Crippen LogP) is 2.42. The highest BCUT2D eigenvalue weighted by atomic mass is 16.1. The molecule has 152 valence electrons. The molecule has 0 aromatic carbocycles. The number of aryl methyl sites for hydroxylation is 4. The smallest absolute Gasteiger partial charge is 0.220 e. The molecule has 1 N–H and O–H groups in total. The highest BCUT2D eigenvalue weighted by Gasteiger charge is 2.15. The Bertz CT molecular complexity index is 1090. The number of amides is 1. The normalized spacial score (nSPS) is 12.1. The van der Waals surface area contributed by atoms with Gasteiger partial charge in [-0.15, -0.1) is 0 Å². The summed E-state index contributed by atoms with van der Waals surface area (Å²) in [4.78, 5) is 16.9. The van der Waals surface area contributed by atoms with Crippen LogP contribution in [0.2, 0.25) is 0 Å². The van der Waals surface area contributed by atoms with Gasteiger partial charge in [-0.05, 0) is 51.7 Å². The van der Waals surface area contributed by atoms with Crippen molar-refractivity contribution in [3.05, 3.63) is 46.2 Å². The molecule has 0 unspecified atom stereocenters. The number of rotatable bonds is 7. The second kappa shape index (κ2) is 8.43. The second-order valence-corrected chi connectivity index (χ2v) is 7.69. The van der Waals surface area contributed by atoms with E-state index in [1.807, 2.05) is 32.4 Å². The molecule has 0 saturated carbocycles. The third-order valence-corrected chi connectivity index (χ3v) is 5.17. The summed E-state index contributed by atoms with van der Waals surface area (Å²) in [7, 11) is 0. The fourth-order valence-electron chi connectivity index (χ4n) is 3.59. The topological polar surface area (TPSA) is 101 Å². The van der Waals surface area contributed by atoms with E-state index < -0.39 is 0 Å². The van der Waals surface area contributed by atoms with E-state index in [1.165, 1.54) is 6.20 Å². The highest BCUT2D eigenvalue weighted by molar-refractivity contribution is 5.76. The predicted molar refractivity (Wildman–Crippen MR) is 109 cm³/mol. The van der Waals surface area contributed by atoms with E-state index in [0.717, 1.165) is 34.9 Å². The van der Waals surface area contributed by atoms with Crippen molar-refractivity contribution in [3.63, 3.8) is 0 Å². The van der Waals surface area contributed by atoms with E-state index in [9.17, 15) is 4.79 Å². The number of aromatic nitrogens is 5. The molecule has 0 saturated heterocycles. The lowest BCUT2D eigenvalue weighted by Crippen LogP contribution is -2.30. The van der Waals surface area contributed by atoms with Gasteiger partial charge in [0.25, 0.3) is 0 Å². The molecular formula is C21H27N7O. The minimum absolute atomic E-state index is 0.0160. The molecule has 3 rings (SSSR count). The van der Waals surface area contributed by atoms with Crippen LogP contribution in [0.3, 0.4) is 0 Å². The van der Waals surface area contributed by atoms with Gasteiger partial charge in [-0.25, -0.2) is 9.50 Å². The van der Waals surface area contributed by atoms with Crippen LogP contribution in [-0.4, -0.2) is 36.8 Å². The lowest BCUT2D eigenvalue weighted by molar-refractivity contribution is -0.121. The first-order chi connectivity index (χ1) is 13.8. The summed E-state index contributed by atoms with van der Waals surface area (Å²) < 4.78 is 3.66. The highest BCUT2D eigenvalue weighted by Crippen LogP contribution is 2.18. The Kier molecular flexibility index (Phi) is 5.97. The van der Waals surface area contributed by atoms with Crippen molar-refractivity contribution in [2.75, 3.05) is 6.54 Å². The first-order valence-corrected chi connectivity index (χ1v) is 9.81. The van der Waals surface area contributed by atoms with Crippen molar-refractivity contribution in [2.45, 2.75) is 54.0 Å². The summed E-state index contributed by atoms with van der Waals surface area (Å²) in [6.45, 7) is 11.4. The third kappa shape index (κ3) is 4.45. The summed E-state index contributed by atoms with van der Waals surface area (Å²) >= 11 is 0. The molecule has 0 aliphatic carbocycles. The lowest BCUT2D eigenvalue weighted by atomic mass is 10.1. The largest absolute Gasteiger partial charge is 0.356 e. The van der Waals surface area contributed by atoms with E-state index >= 15 is 0 Å². The van der Waals surface area contributed by atoms with Gasteiger partial charge in [0.1, 0.15) is 11.6 Å². The van der Waals surface area contributed by atoms with Gasteiger partial charge >= 0.3 is 0 Å². The molecule has 3 heterocycles. The molecule has 8 heteroatoms. The quantitative estimate of drug-likeness (QED) is 0.664. The molecule has 8 nitrogen and oxygen atoms in total. The molecule has 0 aliphatic heterocycles. The molecule has 1 amide bonds. The molecule has 3 aromatic heterocycles. The maximum absolute atomic E-state index is 12.4. The van der Waals surface area contributed by atoms with Crippen molar-refractivity contribution >= 4 is 11.6 Å². The van der Waals surface area contributed by atoms with Gasteiger partial charge in [-0.3, -0.25) is 9.48 Å². The van der Waals surface area contributed by atoms with Crippen LogP contribution < -0.4 is 5.32 Å². The first kappa shape index (κ1) is 20.5. The van der Waals surface area contributed by atoms with E-state index in [1.54, 1.807) is 4.52 Å². The van der Waals surface area contributed by atoms with Crippen molar-refractivity contribution in [1.82, 2.24) is 29.7 Å². The Balaban J connectivity index is 1.57. The SMILES string of the molecule is Cc1cc(C)n(C[C@@H](C)CNC(=O)CCc2c(C)nc3c(C#N)cnn3c2C)n1. The van der Waals surface area contributed by atoms with Crippen LogP contribution in [0.4, 0.5) is 0 Å². The van der Waals surface area contributed by atoms with Gasteiger partial charge in [-0.2, -0.15) is 15.5 Å². The number of nitrogens with zero attached hydrogens (tertiary/aromatic N) is 6. The zero-order chi connectivity index (χ0) is 21.1. The number of hydrogen-bond donors (Lipinski definition) is 1. The zero-order valence-electron chi connectivity index (χ0n) is 17.7. The summed E-state index contributed by atoms with van der Waals surface area (Å²) in [5, 5.41) is 20.9. The lowest BCUT2D eigenvalue weighted by Gasteiger charge is -2.15. The molecule has 1 atom stereocenters. The Hall–Kier alpha value is -3.21. The van der Waals surface area contributed by atoms with Gasteiger partial charge in [-0.1, -0.05) is 6.92 Å². The van der Waals surface area contributed by atoms with Crippen LogP contribution in [-0.2, 0) is 17.8 Å². The van der Waals surface area contributed by atoms with E-state index in [4.69, 9.17) is 5.26 Å². The van der Waals surface area contributed by atoms with Crippen LogP contribution in [0.5, 0.6) is 0 Å². The van der Waals surface area contributed by atoms with Gasteiger partial charge in [0.15, 0.2) is 5.65 Å². The van der Waals surface area contributed by atoms with Crippen molar-refractivity contribution in [3.8, 4) is 6.07 Å². The molecule has 0 bridgehead atoms. The molecule has 0 radical (unpaired) electrons. The molecule has 29 heavy (non-hydrogen) atoms. The maximum atomic E-state index is 12.4. The Labute approximate surface area is 170 Å². The van der Waals surface area contributed by atoms with Crippen LogP contribution in [0.15, 0.2) is 12.3 Å². The van der Waals surface area contributed by atoms with E-state index in [0.29, 0.717) is 30.6 Å². The van der Waals surface area contributed by atoms with Gasteiger partial charge in [0.2, 0.25) is 5.91 Å². The summed E-state index contributed by atoms with van der Waals surface area (Å²) in [5.41, 5.74) is 5.90. The molecule has 3 aromatic rings. The minimum atomic E-state index is 0.0160. The Morgan fingerprint density at radius 2 is 2.07 bits per heavy atom. The average Bonchev–Trinajstić information content (AvgIpc) is 3.22. The average molecular weight is 393 g/mol. The van der Waals surface area contributed by atoms with Crippen LogP contribution in [0.1, 0.15) is 47.2 Å². The molecule has 0 aliphatic rings. The van der Waals surface area contributed by atoms with Crippen LogP contribution in [0, 0.1) is 44.9 Å². The summed E-state index contributed by atoms with van der Waals surface area (Å²) in [5.74, 6) is 0.300. The van der Waals surface area contributed by atoms with Crippen LogP contribution in [0.25, 0.3) is 5.65 Å². The zero-order valence-corrected chi connectivity index (χ0v) is 17.7. The monoisotopic (exact) mass is 393 g/mol. The minimum Gasteiger partial charge on any atom is -0.356 e. The fraction of sp³-hybridized carbons (Fsp3) is 0.476. The standard InChI is InChI=1S/C21H27N7O/c1-13(12-27-15(3)8-14(2)26-27)10-23-20(29)7-6-19-16(4)25-21-18(9-22)11-24-28(21)17(19)5/h8,11,13H,6-7,10,12H2,1-5H3,(H,23,29)/t13-/m0/s1. The maximum Gasteiger partial charge on any atom is 0.220 e. The number of nitrogens with one attached hydrogen (secondary N) is 1. The van der Waals surface area contributed by atoms with Crippen molar-refractivity contribution < 1.29 is 4.79 Å². The summed E-state index contributed by atoms with van der Waals surface area (Å²) in [6, 6.07) is 4.16. The van der Waals surface area contributed by atoms with Gasteiger partial charge < -0.3 is 5.32 Å². The molecule has 0 fully saturated rings.